The number of carbonyl (C=O) groups excluding carboxylic acids is 2. The van der Waals surface area contributed by atoms with E-state index < -0.39 is 49.1 Å². The first-order valence-corrected chi connectivity index (χ1v) is 14.7. The first-order valence-electron chi connectivity index (χ1n) is 12.1. The van der Waals surface area contributed by atoms with Gasteiger partial charge in [-0.05, 0) is 27.2 Å². The molecular formula is C23H39N3O9PS+. The zero-order valence-electron chi connectivity index (χ0n) is 22.4. The van der Waals surface area contributed by atoms with E-state index in [1.54, 1.807) is 13.8 Å². The van der Waals surface area contributed by atoms with Gasteiger partial charge in [0.1, 0.15) is 25.5 Å². The van der Waals surface area contributed by atoms with E-state index in [9.17, 15) is 24.1 Å². The van der Waals surface area contributed by atoms with Crippen LogP contribution in [0.15, 0.2) is 21.9 Å². The van der Waals surface area contributed by atoms with Crippen molar-refractivity contribution >= 4 is 30.9 Å². The van der Waals surface area contributed by atoms with Crippen LogP contribution in [0.2, 0.25) is 0 Å². The first kappa shape index (κ1) is 31.6. The van der Waals surface area contributed by atoms with Gasteiger partial charge in [-0.15, -0.1) is 5.09 Å². The molecule has 2 heterocycles. The molecule has 14 heteroatoms. The number of carbonyl (C=O) groups is 2. The lowest BCUT2D eigenvalue weighted by Crippen LogP contribution is -2.38. The molecule has 5 atom stereocenters. The van der Waals surface area contributed by atoms with Gasteiger partial charge in [0.05, 0.1) is 12.2 Å². The molecule has 1 aromatic rings. The summed E-state index contributed by atoms with van der Waals surface area (Å²) in [5.74, 6) is -0.388. The fraction of sp³-hybridized carbons (Fsp3) is 0.739. The Labute approximate surface area is 221 Å². The maximum atomic E-state index is 12.3. The predicted octanol–water partition coefficient (Wildman–Crippen LogP) is 2.40. The molecule has 0 aliphatic carbocycles. The highest BCUT2D eigenvalue weighted by atomic mass is 32.2. The number of esters is 1. The molecule has 1 aromatic heterocycles. The second kappa shape index (κ2) is 13.5. The van der Waals surface area contributed by atoms with Crippen LogP contribution in [0.5, 0.6) is 0 Å². The first-order chi connectivity index (χ1) is 17.1. The Kier molecular flexibility index (Phi) is 11.5. The molecule has 12 nitrogen and oxygen atoms in total. The van der Waals surface area contributed by atoms with Crippen molar-refractivity contribution < 1.29 is 33.0 Å². The maximum absolute atomic E-state index is 12.3. The van der Waals surface area contributed by atoms with Crippen LogP contribution in [0.3, 0.4) is 0 Å². The normalized spacial score (nSPS) is 22.6. The Bertz CT molecular complexity index is 1040. The number of aromatic nitrogens is 2. The summed E-state index contributed by atoms with van der Waals surface area (Å²) in [6.45, 7) is 12.2. The molecule has 0 radical (unpaired) electrons. The zero-order valence-corrected chi connectivity index (χ0v) is 24.1. The van der Waals surface area contributed by atoms with Crippen LogP contribution < -0.4 is 16.3 Å². The van der Waals surface area contributed by atoms with E-state index in [-0.39, 0.29) is 36.1 Å². The number of hydrogen-bond acceptors (Lipinski definition) is 11. The monoisotopic (exact) mass is 564 g/mol. The fourth-order valence-electron chi connectivity index (χ4n) is 3.43. The molecule has 210 valence electrons. The lowest BCUT2D eigenvalue weighted by molar-refractivity contribution is -0.149. The largest absolute Gasteiger partial charge is 0.499 e. The number of rotatable bonds is 12. The number of thioether (sulfide) groups is 1. The zero-order chi connectivity index (χ0) is 28.0. The number of ether oxygens (including phenoxy) is 2. The van der Waals surface area contributed by atoms with Gasteiger partial charge in [-0.3, -0.25) is 23.9 Å². The number of aromatic amines is 1. The summed E-state index contributed by atoms with van der Waals surface area (Å²) in [6, 6.07) is 0.309. The highest BCUT2D eigenvalue weighted by molar-refractivity contribution is 8.13. The lowest BCUT2D eigenvalue weighted by Gasteiger charge is -2.22. The molecule has 3 N–H and O–H groups in total. The molecule has 0 amide bonds. The average molecular weight is 565 g/mol. The van der Waals surface area contributed by atoms with Crippen molar-refractivity contribution in [3.8, 4) is 0 Å². The number of hydrogen-bond donors (Lipinski definition) is 3. The standard InChI is InChI=1S/C23H38N3O9PS/c1-14(2)34-20(28)16(4)25-36(31,32-10-11-37-21(29)23(5,6)7)33-13-17-12-15(3)19(35-17)26-9-8-18(27)24-22(26)30/h8-9,14-17,19,25,31H,10-13H2,1-7H3/p+1. The molecule has 37 heavy (non-hydrogen) atoms. The van der Waals surface area contributed by atoms with Crippen molar-refractivity contribution in [2.75, 3.05) is 19.0 Å². The van der Waals surface area contributed by atoms with Crippen molar-refractivity contribution in [3.05, 3.63) is 33.1 Å². The topological polar surface area (TPSA) is 158 Å². The van der Waals surface area contributed by atoms with E-state index in [4.69, 9.17) is 18.5 Å². The van der Waals surface area contributed by atoms with Gasteiger partial charge >= 0.3 is 19.8 Å². The lowest BCUT2D eigenvalue weighted by atomic mass is 10.00. The maximum Gasteiger partial charge on any atom is 0.499 e. The third-order valence-electron chi connectivity index (χ3n) is 5.27. The van der Waals surface area contributed by atoms with E-state index in [2.05, 4.69) is 10.1 Å². The summed E-state index contributed by atoms with van der Waals surface area (Å²) in [5.41, 5.74) is -1.60. The van der Waals surface area contributed by atoms with E-state index in [1.165, 1.54) is 23.8 Å². The van der Waals surface area contributed by atoms with Gasteiger partial charge in [0.25, 0.3) is 5.56 Å². The minimum atomic E-state index is -3.77. The molecule has 1 aliphatic heterocycles. The molecule has 0 aromatic carbocycles. The summed E-state index contributed by atoms with van der Waals surface area (Å²) in [4.78, 5) is 61.4. The van der Waals surface area contributed by atoms with Crippen molar-refractivity contribution in [2.45, 2.75) is 79.4 Å². The third-order valence-corrected chi connectivity index (χ3v) is 8.26. The van der Waals surface area contributed by atoms with Crippen molar-refractivity contribution in [1.82, 2.24) is 14.6 Å². The van der Waals surface area contributed by atoms with Gasteiger partial charge in [0.15, 0.2) is 5.12 Å². The smallest absolute Gasteiger partial charge is 0.462 e. The Hall–Kier alpha value is -1.60. The molecule has 5 unspecified atom stereocenters. The predicted molar refractivity (Wildman–Crippen MR) is 141 cm³/mol. The van der Waals surface area contributed by atoms with Crippen molar-refractivity contribution in [1.29, 1.82) is 0 Å². The van der Waals surface area contributed by atoms with E-state index in [1.807, 2.05) is 27.7 Å². The molecule has 0 saturated carbocycles. The summed E-state index contributed by atoms with van der Waals surface area (Å²) in [5, 5.41) is 2.70. The Morgan fingerprint density at radius 3 is 2.57 bits per heavy atom. The molecule has 2 rings (SSSR count). The van der Waals surface area contributed by atoms with Crippen LogP contribution >= 0.6 is 19.9 Å². The van der Waals surface area contributed by atoms with E-state index in [0.29, 0.717) is 6.42 Å². The van der Waals surface area contributed by atoms with Crippen LogP contribution in [0.25, 0.3) is 0 Å². The van der Waals surface area contributed by atoms with Crippen LogP contribution in [0.1, 0.15) is 61.1 Å². The Morgan fingerprint density at radius 1 is 1.30 bits per heavy atom. The summed E-state index contributed by atoms with van der Waals surface area (Å²) in [6.07, 6.45) is 0.421. The third kappa shape index (κ3) is 9.90. The van der Waals surface area contributed by atoms with Crippen LogP contribution in [-0.2, 0) is 28.1 Å². The highest BCUT2D eigenvalue weighted by Crippen LogP contribution is 2.54. The second-order valence-corrected chi connectivity index (χ2v) is 13.1. The molecule has 1 fully saturated rings. The summed E-state index contributed by atoms with van der Waals surface area (Å²) < 4.78 is 23.9. The fourth-order valence-corrected chi connectivity index (χ4v) is 5.87. The quantitative estimate of drug-likeness (QED) is 0.194. The molecule has 0 spiro atoms. The molecular weight excluding hydrogens is 525 g/mol. The van der Waals surface area contributed by atoms with Crippen LogP contribution in [0.4, 0.5) is 0 Å². The number of H-pyrrole nitrogens is 1. The molecule has 1 aliphatic rings. The highest BCUT2D eigenvalue weighted by Gasteiger charge is 2.47. The second-order valence-electron chi connectivity index (χ2n) is 10.3. The molecule has 1 saturated heterocycles. The number of nitrogens with zero attached hydrogens (tertiary/aromatic N) is 1. The summed E-state index contributed by atoms with van der Waals surface area (Å²) >= 11 is 1.09. The van der Waals surface area contributed by atoms with Gasteiger partial charge < -0.3 is 9.47 Å². The van der Waals surface area contributed by atoms with Crippen LogP contribution in [0, 0.1) is 11.3 Å². The minimum Gasteiger partial charge on any atom is -0.462 e. The molecule has 0 bridgehead atoms. The van der Waals surface area contributed by atoms with Gasteiger partial charge in [-0.25, -0.2) is 4.79 Å². The van der Waals surface area contributed by atoms with Gasteiger partial charge in [-0.1, -0.05) is 39.5 Å². The average Bonchev–Trinajstić information content (AvgIpc) is 3.14. The number of nitrogens with one attached hydrogen (secondary N) is 2. The Balaban J connectivity index is 2.04. The minimum absolute atomic E-state index is 0.00691. The van der Waals surface area contributed by atoms with Crippen molar-refractivity contribution in [3.63, 3.8) is 0 Å². The van der Waals surface area contributed by atoms with Crippen LogP contribution in [-0.4, -0.2) is 62.7 Å². The van der Waals surface area contributed by atoms with E-state index >= 15 is 0 Å². The van der Waals surface area contributed by atoms with Crippen molar-refractivity contribution in [2.24, 2.45) is 11.3 Å². The summed E-state index contributed by atoms with van der Waals surface area (Å²) in [7, 11) is -3.77. The SMILES string of the molecule is CC(C)OC(=O)C(C)N[P+](O)(OCCSC(=O)C(C)(C)C)OCC1CC(C)C(n2ccc(=O)[nH]c2=O)O1. The van der Waals surface area contributed by atoms with Gasteiger partial charge in [0, 0.05) is 29.3 Å². The van der Waals surface area contributed by atoms with Gasteiger partial charge in [-0.2, -0.15) is 13.9 Å². The van der Waals surface area contributed by atoms with Gasteiger partial charge in [0.2, 0.25) is 0 Å². The Morgan fingerprint density at radius 2 is 1.97 bits per heavy atom. The van der Waals surface area contributed by atoms with E-state index in [0.717, 1.165) is 11.8 Å².